The van der Waals surface area contributed by atoms with Crippen LogP contribution in [0.25, 0.3) is 0 Å². The van der Waals surface area contributed by atoms with Crippen molar-refractivity contribution in [2.75, 3.05) is 20.5 Å². The Kier molecular flexibility index (Phi) is 5.93. The van der Waals surface area contributed by atoms with Gasteiger partial charge in [-0.3, -0.25) is 4.79 Å². The van der Waals surface area contributed by atoms with Crippen LogP contribution >= 0.6 is 11.8 Å². The van der Waals surface area contributed by atoms with Gasteiger partial charge in [-0.2, -0.15) is 0 Å². The molecule has 0 aliphatic rings. The smallest absolute Gasteiger partial charge is 0.251 e. The van der Waals surface area contributed by atoms with E-state index in [1.54, 1.807) is 32.0 Å². The van der Waals surface area contributed by atoms with E-state index in [1.807, 2.05) is 43.5 Å². The minimum absolute atomic E-state index is 0.0868. The maximum Gasteiger partial charge on any atom is 0.251 e. The van der Waals surface area contributed by atoms with Gasteiger partial charge in [0.25, 0.3) is 5.91 Å². The van der Waals surface area contributed by atoms with Crippen LogP contribution < -0.4 is 14.8 Å². The Hall–Kier alpha value is -2.14. The van der Waals surface area contributed by atoms with Crippen LogP contribution in [0.4, 0.5) is 0 Å². The second kappa shape index (κ2) is 7.92. The normalized spacial score (nSPS) is 10.3. The molecule has 1 N–H and O–H groups in total. The number of hydrogen-bond acceptors (Lipinski definition) is 4. The fraction of sp³-hybridized carbons (Fsp3) is 0.278. The maximum atomic E-state index is 12.4. The van der Waals surface area contributed by atoms with Crippen LogP contribution in [0.15, 0.2) is 41.3 Å². The molecule has 0 aromatic heterocycles. The van der Waals surface area contributed by atoms with Crippen molar-refractivity contribution in [2.24, 2.45) is 0 Å². The predicted molar refractivity (Wildman–Crippen MR) is 93.7 cm³/mol. The molecule has 0 atom stereocenters. The molecule has 0 unspecified atom stereocenters. The highest BCUT2D eigenvalue weighted by Crippen LogP contribution is 2.25. The van der Waals surface area contributed by atoms with Crippen LogP contribution in [0.3, 0.4) is 0 Å². The third-order valence-electron chi connectivity index (χ3n) is 3.62. The first kappa shape index (κ1) is 17.2. The third kappa shape index (κ3) is 4.20. The lowest BCUT2D eigenvalue weighted by molar-refractivity contribution is 0.0950. The van der Waals surface area contributed by atoms with Crippen molar-refractivity contribution in [3.8, 4) is 11.5 Å². The SMILES string of the molecule is COc1ccc(CNC(=O)c2cc(SC)ccc2C)c(OC)c1. The van der Waals surface area contributed by atoms with Gasteiger partial charge in [-0.05, 0) is 43.0 Å². The standard InChI is InChI=1S/C18H21NO3S/c1-12-5-8-15(23-4)10-16(12)18(20)19-11-13-6-7-14(21-2)9-17(13)22-3/h5-10H,11H2,1-4H3,(H,19,20). The molecule has 0 radical (unpaired) electrons. The van der Waals surface area contributed by atoms with E-state index in [0.29, 0.717) is 17.9 Å². The molecule has 0 bridgehead atoms. The van der Waals surface area contributed by atoms with E-state index in [2.05, 4.69) is 5.32 Å². The maximum absolute atomic E-state index is 12.4. The Morgan fingerprint density at radius 1 is 1.13 bits per heavy atom. The van der Waals surface area contributed by atoms with Crippen molar-refractivity contribution in [1.82, 2.24) is 5.32 Å². The summed E-state index contributed by atoms with van der Waals surface area (Å²) in [4.78, 5) is 13.5. The van der Waals surface area contributed by atoms with Crippen molar-refractivity contribution in [1.29, 1.82) is 0 Å². The van der Waals surface area contributed by atoms with E-state index in [9.17, 15) is 4.79 Å². The highest BCUT2D eigenvalue weighted by Gasteiger charge is 2.11. The summed E-state index contributed by atoms with van der Waals surface area (Å²) < 4.78 is 10.5. The van der Waals surface area contributed by atoms with Gasteiger partial charge in [0.05, 0.1) is 14.2 Å². The fourth-order valence-electron chi connectivity index (χ4n) is 2.24. The van der Waals surface area contributed by atoms with E-state index < -0.39 is 0 Å². The van der Waals surface area contributed by atoms with Gasteiger partial charge in [-0.15, -0.1) is 11.8 Å². The van der Waals surface area contributed by atoms with Crippen LogP contribution in [0, 0.1) is 6.92 Å². The molecule has 4 nitrogen and oxygen atoms in total. The molecule has 2 aromatic rings. The second-order valence-electron chi connectivity index (χ2n) is 5.04. The number of benzene rings is 2. The Labute approximate surface area is 141 Å². The highest BCUT2D eigenvalue weighted by atomic mass is 32.2. The third-order valence-corrected chi connectivity index (χ3v) is 4.35. The average Bonchev–Trinajstić information content (AvgIpc) is 2.59. The first-order valence-corrected chi connectivity index (χ1v) is 8.45. The zero-order valence-electron chi connectivity index (χ0n) is 13.8. The van der Waals surface area contributed by atoms with Gasteiger partial charge in [0, 0.05) is 28.6 Å². The van der Waals surface area contributed by atoms with Crippen LogP contribution in [-0.4, -0.2) is 26.4 Å². The van der Waals surface area contributed by atoms with Gasteiger partial charge >= 0.3 is 0 Å². The number of methoxy groups -OCH3 is 2. The number of aryl methyl sites for hydroxylation is 1. The van der Waals surface area contributed by atoms with Crippen LogP contribution in [-0.2, 0) is 6.54 Å². The minimum Gasteiger partial charge on any atom is -0.497 e. The Balaban J connectivity index is 2.13. The quantitative estimate of drug-likeness (QED) is 0.821. The molecule has 122 valence electrons. The molecule has 23 heavy (non-hydrogen) atoms. The van der Waals surface area contributed by atoms with Gasteiger partial charge in [0.2, 0.25) is 0 Å². The molecule has 2 aromatic carbocycles. The number of amides is 1. The number of thioether (sulfide) groups is 1. The lowest BCUT2D eigenvalue weighted by atomic mass is 10.1. The molecule has 0 spiro atoms. The molecule has 0 fully saturated rings. The largest absolute Gasteiger partial charge is 0.497 e. The summed E-state index contributed by atoms with van der Waals surface area (Å²) in [5, 5.41) is 2.95. The van der Waals surface area contributed by atoms with Gasteiger partial charge < -0.3 is 14.8 Å². The van der Waals surface area contributed by atoms with Crippen LogP contribution in [0.5, 0.6) is 11.5 Å². The van der Waals surface area contributed by atoms with Crippen LogP contribution in [0.2, 0.25) is 0 Å². The summed E-state index contributed by atoms with van der Waals surface area (Å²) in [6.07, 6.45) is 1.99. The van der Waals surface area contributed by atoms with Gasteiger partial charge in [-0.25, -0.2) is 0 Å². The monoisotopic (exact) mass is 331 g/mol. The molecular weight excluding hydrogens is 310 g/mol. The molecule has 0 aliphatic carbocycles. The van der Waals surface area contributed by atoms with Gasteiger partial charge in [-0.1, -0.05) is 6.07 Å². The van der Waals surface area contributed by atoms with E-state index in [0.717, 1.165) is 21.8 Å². The Bertz CT molecular complexity index is 701. The molecule has 0 saturated carbocycles. The van der Waals surface area contributed by atoms with Crippen molar-refractivity contribution in [3.05, 3.63) is 53.1 Å². The summed E-state index contributed by atoms with van der Waals surface area (Å²) in [5.41, 5.74) is 2.56. The zero-order valence-corrected chi connectivity index (χ0v) is 14.6. The van der Waals surface area contributed by atoms with Crippen LogP contribution in [0.1, 0.15) is 21.5 Å². The Morgan fingerprint density at radius 2 is 1.91 bits per heavy atom. The molecule has 0 aliphatic heterocycles. The average molecular weight is 331 g/mol. The molecule has 0 saturated heterocycles. The molecule has 1 amide bonds. The summed E-state index contributed by atoms with van der Waals surface area (Å²) in [5.74, 6) is 1.33. The summed E-state index contributed by atoms with van der Waals surface area (Å²) >= 11 is 1.62. The lowest BCUT2D eigenvalue weighted by Gasteiger charge is -2.12. The molecular formula is C18H21NO3S. The van der Waals surface area contributed by atoms with Crippen molar-refractivity contribution in [3.63, 3.8) is 0 Å². The van der Waals surface area contributed by atoms with E-state index >= 15 is 0 Å². The minimum atomic E-state index is -0.0868. The first-order chi connectivity index (χ1) is 11.1. The second-order valence-corrected chi connectivity index (χ2v) is 5.92. The number of hydrogen-bond donors (Lipinski definition) is 1. The number of nitrogens with one attached hydrogen (secondary N) is 1. The molecule has 0 heterocycles. The number of rotatable bonds is 6. The fourth-order valence-corrected chi connectivity index (χ4v) is 2.68. The number of ether oxygens (including phenoxy) is 2. The van der Waals surface area contributed by atoms with Crippen molar-refractivity contribution >= 4 is 17.7 Å². The van der Waals surface area contributed by atoms with Gasteiger partial charge in [0.1, 0.15) is 11.5 Å². The van der Waals surface area contributed by atoms with Gasteiger partial charge in [0.15, 0.2) is 0 Å². The summed E-state index contributed by atoms with van der Waals surface area (Å²) in [7, 11) is 3.21. The topological polar surface area (TPSA) is 47.6 Å². The summed E-state index contributed by atoms with van der Waals surface area (Å²) in [6.45, 7) is 2.34. The van der Waals surface area contributed by atoms with E-state index in [-0.39, 0.29) is 5.91 Å². The highest BCUT2D eigenvalue weighted by molar-refractivity contribution is 7.98. The van der Waals surface area contributed by atoms with E-state index in [4.69, 9.17) is 9.47 Å². The first-order valence-electron chi connectivity index (χ1n) is 7.22. The molecule has 2 rings (SSSR count). The molecule has 5 heteroatoms. The Morgan fingerprint density at radius 3 is 2.57 bits per heavy atom. The zero-order chi connectivity index (χ0) is 16.8. The number of carbonyl (C=O) groups is 1. The van der Waals surface area contributed by atoms with Crippen molar-refractivity contribution < 1.29 is 14.3 Å². The van der Waals surface area contributed by atoms with Crippen molar-refractivity contribution in [2.45, 2.75) is 18.4 Å². The van der Waals surface area contributed by atoms with E-state index in [1.165, 1.54) is 0 Å². The lowest BCUT2D eigenvalue weighted by Crippen LogP contribution is -2.24. The predicted octanol–water partition coefficient (Wildman–Crippen LogP) is 3.66. The number of carbonyl (C=O) groups excluding carboxylic acids is 1. The summed E-state index contributed by atoms with van der Waals surface area (Å²) in [6, 6.07) is 11.5.